The molecule has 7 saturated carbocycles. The maximum absolute atomic E-state index is 6.46. The van der Waals surface area contributed by atoms with Crippen LogP contribution in [0.1, 0.15) is 270 Å². The van der Waals surface area contributed by atoms with Crippen molar-refractivity contribution >= 4 is 0 Å². The van der Waals surface area contributed by atoms with Crippen molar-refractivity contribution in [2.75, 3.05) is 6.61 Å². The van der Waals surface area contributed by atoms with Crippen LogP contribution in [0.4, 0.5) is 0 Å². The van der Waals surface area contributed by atoms with Crippen molar-refractivity contribution in [3.63, 3.8) is 0 Å². The Kier molecular flexibility index (Phi) is 15.0. The molecule has 1 saturated heterocycles. The SMILES string of the molecule is CC1(C)CCCC2(C)C3CCC=CC3=CCC12.CC1(C)CCCC2(C)C3CCC=CC3CCC12.CC1(C)CCCC2(C)C3CCCC=C3CCC12.CC1CCC2C(C)(C)CCC[C@]2(C)C12CCCO2. The Morgan fingerprint density at radius 2 is 1.06 bits per heavy atom. The summed E-state index contributed by atoms with van der Waals surface area (Å²) in [6.07, 6.45) is 54.6. The van der Waals surface area contributed by atoms with E-state index in [0.29, 0.717) is 43.3 Å². The molecule has 14 atom stereocenters. The van der Waals surface area contributed by atoms with Crippen molar-refractivity contribution in [3.8, 4) is 0 Å². The molecule has 13 unspecified atom stereocenters. The Bertz CT molecular complexity index is 1900. The van der Waals surface area contributed by atoms with Gasteiger partial charge in [-0.1, -0.05) is 158 Å². The number of hydrogen-bond acceptors (Lipinski definition) is 1. The maximum atomic E-state index is 6.46. The maximum Gasteiger partial charge on any atom is 0.0764 e. The van der Waals surface area contributed by atoms with Gasteiger partial charge in [0.15, 0.2) is 0 Å². The lowest BCUT2D eigenvalue weighted by molar-refractivity contribution is -0.213. The average Bonchev–Trinajstić information content (AvgIpc) is 3.80. The number of rotatable bonds is 0. The summed E-state index contributed by atoms with van der Waals surface area (Å²) in [7, 11) is 0. The van der Waals surface area contributed by atoms with Gasteiger partial charge in [-0.15, -0.1) is 0 Å². The molecule has 69 heavy (non-hydrogen) atoms. The van der Waals surface area contributed by atoms with Gasteiger partial charge in [0.2, 0.25) is 0 Å². The van der Waals surface area contributed by atoms with E-state index in [9.17, 15) is 0 Å². The normalized spacial score (nSPS) is 47.0. The molecular formula is C68H112O. The van der Waals surface area contributed by atoms with Gasteiger partial charge in [-0.2, -0.15) is 0 Å². The highest BCUT2D eigenvalue weighted by Crippen LogP contribution is 2.68. The molecule has 1 spiro atoms. The van der Waals surface area contributed by atoms with E-state index in [4.69, 9.17) is 4.74 Å². The van der Waals surface area contributed by atoms with Crippen LogP contribution in [0.3, 0.4) is 0 Å². The molecule has 8 fully saturated rings. The Balaban J connectivity index is 0.000000115. The molecule has 0 aromatic carbocycles. The van der Waals surface area contributed by atoms with Crippen LogP contribution in [-0.4, -0.2) is 12.2 Å². The Morgan fingerprint density at radius 1 is 0.464 bits per heavy atom. The summed E-state index contributed by atoms with van der Waals surface area (Å²) in [5, 5.41) is 0. The zero-order chi connectivity index (χ0) is 49.3. The van der Waals surface area contributed by atoms with E-state index in [1.165, 1.54) is 180 Å². The molecule has 0 aromatic rings. The van der Waals surface area contributed by atoms with E-state index >= 15 is 0 Å². The van der Waals surface area contributed by atoms with Crippen LogP contribution in [-0.2, 0) is 4.74 Å². The second kappa shape index (κ2) is 19.6. The molecule has 12 rings (SSSR count). The predicted molar refractivity (Wildman–Crippen MR) is 297 cm³/mol. The van der Waals surface area contributed by atoms with Gasteiger partial charge >= 0.3 is 0 Å². The first-order valence-electron chi connectivity index (χ1n) is 30.9. The number of hydrogen-bond donors (Lipinski definition) is 0. The van der Waals surface area contributed by atoms with E-state index in [2.05, 4.69) is 126 Å². The molecule has 0 amide bonds. The van der Waals surface area contributed by atoms with Crippen LogP contribution >= 0.6 is 0 Å². The lowest BCUT2D eigenvalue weighted by Gasteiger charge is -2.63. The Morgan fingerprint density at radius 3 is 1.74 bits per heavy atom. The first kappa shape index (κ1) is 52.8. The van der Waals surface area contributed by atoms with Gasteiger partial charge in [-0.05, 0) is 251 Å². The Labute approximate surface area is 428 Å². The molecule has 1 heterocycles. The number of allylic oxidation sites excluding steroid dienone is 8. The van der Waals surface area contributed by atoms with Gasteiger partial charge in [0.25, 0.3) is 0 Å². The van der Waals surface area contributed by atoms with Crippen molar-refractivity contribution in [2.24, 2.45) is 96.6 Å². The lowest BCUT2D eigenvalue weighted by atomic mass is 9.44. The van der Waals surface area contributed by atoms with E-state index in [-0.39, 0.29) is 5.60 Å². The minimum absolute atomic E-state index is 0.216. The van der Waals surface area contributed by atoms with E-state index in [0.717, 1.165) is 59.9 Å². The highest BCUT2D eigenvalue weighted by Gasteiger charge is 2.64. The molecule has 11 aliphatic carbocycles. The van der Waals surface area contributed by atoms with Gasteiger partial charge in [-0.3, -0.25) is 0 Å². The highest BCUT2D eigenvalue weighted by atomic mass is 16.5. The van der Waals surface area contributed by atoms with Crippen LogP contribution < -0.4 is 0 Å². The molecule has 1 nitrogen and oxygen atoms in total. The molecular weight excluding hydrogens is 833 g/mol. The summed E-state index contributed by atoms with van der Waals surface area (Å²) < 4.78 is 6.46. The molecule has 0 N–H and O–H groups in total. The minimum Gasteiger partial charge on any atom is -0.374 e. The molecule has 12 aliphatic rings. The Hall–Kier alpha value is -1.08. The molecule has 0 radical (unpaired) electrons. The van der Waals surface area contributed by atoms with Crippen molar-refractivity contribution in [2.45, 2.75) is 275 Å². The van der Waals surface area contributed by atoms with Gasteiger partial charge in [0.1, 0.15) is 0 Å². The second-order valence-electron chi connectivity index (χ2n) is 31.0. The molecule has 0 bridgehead atoms. The topological polar surface area (TPSA) is 9.23 Å². The van der Waals surface area contributed by atoms with Crippen LogP contribution in [0, 0.1) is 96.6 Å². The van der Waals surface area contributed by atoms with Crippen LogP contribution in [0.2, 0.25) is 0 Å². The fourth-order valence-corrected chi connectivity index (χ4v) is 22.4. The number of ether oxygens (including phenoxy) is 1. The summed E-state index contributed by atoms with van der Waals surface area (Å²) in [6.45, 7) is 34.1. The highest BCUT2D eigenvalue weighted by molar-refractivity contribution is 5.31. The monoisotopic (exact) mass is 945 g/mol. The molecule has 1 aliphatic heterocycles. The van der Waals surface area contributed by atoms with Gasteiger partial charge in [-0.25, -0.2) is 0 Å². The summed E-state index contributed by atoms with van der Waals surface area (Å²) in [5.41, 5.74) is 8.27. The molecule has 0 aromatic heterocycles. The van der Waals surface area contributed by atoms with E-state index in [1.807, 2.05) is 5.57 Å². The van der Waals surface area contributed by atoms with Gasteiger partial charge in [0.05, 0.1) is 5.60 Å². The standard InChI is InChI=1S/C17H30O.2C17H28.C17H26/c1-13-7-8-14-15(2,3)9-5-10-16(14,4)17(13)11-6-12-18-17;3*1-16(2)11-6-12-17(3)14-8-5-4-7-13(14)9-10-15(16)17/h13-14H,5-12H2,1-4H3;7,14-15H,4-6,8-12H2,1-3H3;4,7,13-15H,5-6,8-12H2,1-3H3;4,7,9,14-15H,5-6,8,10-12H2,1-3H3/t13?,14?,16-,17?;;;/m0.../s1. The lowest BCUT2D eigenvalue weighted by Crippen LogP contribution is -2.61. The van der Waals surface area contributed by atoms with Crippen LogP contribution in [0.15, 0.2) is 47.6 Å². The predicted octanol–water partition coefficient (Wildman–Crippen LogP) is 20.4. The number of fused-ring (bicyclic) bond motifs is 11. The van der Waals surface area contributed by atoms with Gasteiger partial charge in [0, 0.05) is 12.0 Å². The van der Waals surface area contributed by atoms with Crippen molar-refractivity contribution in [1.29, 1.82) is 0 Å². The van der Waals surface area contributed by atoms with Crippen LogP contribution in [0.25, 0.3) is 0 Å². The first-order valence-corrected chi connectivity index (χ1v) is 30.9. The average molecular weight is 946 g/mol. The van der Waals surface area contributed by atoms with Crippen LogP contribution in [0.5, 0.6) is 0 Å². The van der Waals surface area contributed by atoms with Gasteiger partial charge < -0.3 is 4.74 Å². The smallest absolute Gasteiger partial charge is 0.0764 e. The second-order valence-corrected chi connectivity index (χ2v) is 31.0. The minimum atomic E-state index is 0.216. The fraction of sp³-hybridized carbons (Fsp3) is 0.882. The zero-order valence-electron chi connectivity index (χ0n) is 48.1. The first-order chi connectivity index (χ1) is 32.5. The third-order valence-electron chi connectivity index (χ3n) is 25.7. The summed E-state index contributed by atoms with van der Waals surface area (Å²) in [6, 6.07) is 0. The van der Waals surface area contributed by atoms with Crippen molar-refractivity contribution in [1.82, 2.24) is 0 Å². The summed E-state index contributed by atoms with van der Waals surface area (Å²) >= 11 is 0. The molecule has 1 heteroatoms. The van der Waals surface area contributed by atoms with Crippen molar-refractivity contribution < 1.29 is 4.74 Å². The zero-order valence-corrected chi connectivity index (χ0v) is 48.1. The fourth-order valence-electron chi connectivity index (χ4n) is 22.4. The summed E-state index contributed by atoms with van der Waals surface area (Å²) in [4.78, 5) is 0. The largest absolute Gasteiger partial charge is 0.374 e. The third kappa shape index (κ3) is 9.32. The molecule has 390 valence electrons. The third-order valence-corrected chi connectivity index (χ3v) is 25.7. The van der Waals surface area contributed by atoms with E-state index < -0.39 is 0 Å². The quantitative estimate of drug-likeness (QED) is 0.220. The summed E-state index contributed by atoms with van der Waals surface area (Å²) in [5.74, 6) is 8.19. The van der Waals surface area contributed by atoms with E-state index in [1.54, 1.807) is 5.57 Å². The van der Waals surface area contributed by atoms with Crippen molar-refractivity contribution in [3.05, 3.63) is 47.6 Å².